The van der Waals surface area contributed by atoms with Crippen LogP contribution in [0.3, 0.4) is 0 Å². The molecule has 2 aliphatic rings. The van der Waals surface area contributed by atoms with Crippen molar-refractivity contribution < 1.29 is 55.5 Å². The minimum Gasteiger partial charge on any atom is -0.491 e. The Labute approximate surface area is 422 Å². The molecule has 21 heteroatoms. The topological polar surface area (TPSA) is 226 Å². The van der Waals surface area contributed by atoms with Crippen LogP contribution in [0, 0.1) is 13.8 Å². The van der Waals surface area contributed by atoms with Gasteiger partial charge in [0.1, 0.15) is 60.8 Å². The number of alkyl halides is 1. The Hall–Kier alpha value is -7.78. The number of ether oxygens (including phenoxy) is 3. The number of carbonyl (C=O) groups is 4. The van der Waals surface area contributed by atoms with Crippen LogP contribution in [0.4, 0.5) is 16.0 Å². The molecule has 2 atom stereocenters. The Kier molecular flexibility index (Phi) is 17.2. The van der Waals surface area contributed by atoms with Gasteiger partial charge in [-0.2, -0.15) is 18.6 Å². The van der Waals surface area contributed by atoms with Gasteiger partial charge in [0.2, 0.25) is 0 Å². The highest BCUT2D eigenvalue weighted by atomic mass is 32.2. The van der Waals surface area contributed by atoms with E-state index in [4.69, 9.17) is 23.5 Å². The number of aromatic nitrogens is 4. The number of rotatable bonds is 20. The second-order valence-corrected chi connectivity index (χ2v) is 19.1. The summed E-state index contributed by atoms with van der Waals surface area (Å²) in [5.41, 5.74) is 6.59. The third-order valence-corrected chi connectivity index (χ3v) is 12.7. The zero-order valence-corrected chi connectivity index (χ0v) is 42.3. The summed E-state index contributed by atoms with van der Waals surface area (Å²) >= 11 is 0. The SMILES string of the molecule is COC(=O)c1ccc([C@H](C)NC(=O)c2c(C)nn3c2N(Cc2cccc(OCCOS(C)(=O)=O)c2)CC3)cc1.Cc1nn2c(c1C(=O)N[C@@H](C)c1ccc(C(=O)O)cc1)N(Cc1cccc(OCCF)c1)CC2. The molecule has 3 N–H and O–H groups in total. The number of fused-ring (bicyclic) bond motifs is 2. The predicted octanol–water partition coefficient (Wildman–Crippen LogP) is 6.59. The number of carboxylic acids is 1. The second kappa shape index (κ2) is 23.6. The number of hydrogen-bond acceptors (Lipinski definition) is 14. The Morgan fingerprint density at radius 1 is 0.671 bits per heavy atom. The Balaban J connectivity index is 0.000000216. The molecule has 386 valence electrons. The molecule has 0 saturated heterocycles. The molecule has 0 unspecified atom stereocenters. The first-order valence-corrected chi connectivity index (χ1v) is 25.4. The molecule has 0 aliphatic carbocycles. The number of nitrogens with one attached hydrogen (secondary N) is 2. The fourth-order valence-electron chi connectivity index (χ4n) is 8.63. The van der Waals surface area contributed by atoms with Crippen LogP contribution in [0.5, 0.6) is 11.5 Å². The van der Waals surface area contributed by atoms with Crippen molar-refractivity contribution in [3.63, 3.8) is 0 Å². The fourth-order valence-corrected chi connectivity index (χ4v) is 9.00. The summed E-state index contributed by atoms with van der Waals surface area (Å²) in [5, 5.41) is 24.3. The van der Waals surface area contributed by atoms with Crippen LogP contribution in [-0.4, -0.2) is 110 Å². The summed E-state index contributed by atoms with van der Waals surface area (Å²) < 4.78 is 58.8. The highest BCUT2D eigenvalue weighted by Gasteiger charge is 2.32. The summed E-state index contributed by atoms with van der Waals surface area (Å²) in [5.74, 6) is 0.855. The monoisotopic (exact) mass is 1020 g/mol. The molecule has 4 aromatic carbocycles. The highest BCUT2D eigenvalue weighted by molar-refractivity contribution is 7.85. The van der Waals surface area contributed by atoms with Crippen LogP contribution in [-0.2, 0) is 45.2 Å². The summed E-state index contributed by atoms with van der Waals surface area (Å²) in [4.78, 5) is 53.7. The number of nitrogens with zero attached hydrogens (tertiary/aromatic N) is 6. The van der Waals surface area contributed by atoms with Crippen LogP contribution in [0.25, 0.3) is 0 Å². The maximum absolute atomic E-state index is 13.4. The third-order valence-electron chi connectivity index (χ3n) is 12.1. The molecule has 0 bridgehead atoms. The zero-order chi connectivity index (χ0) is 52.4. The number of anilines is 2. The number of methoxy groups -OCH3 is 1. The van der Waals surface area contributed by atoms with Crippen molar-refractivity contribution in [3.05, 3.63) is 153 Å². The maximum atomic E-state index is 13.4. The van der Waals surface area contributed by atoms with Crippen LogP contribution in [0.1, 0.15) is 101 Å². The van der Waals surface area contributed by atoms with Crippen molar-refractivity contribution in [1.29, 1.82) is 0 Å². The minimum absolute atomic E-state index is 0.0146. The standard InChI is InChI=1S/C27H32N4O7S.C25H27FN4O4/c1-18(21-8-10-22(11-9-21)27(33)36-3)28-25(32)24-19(2)29-31-13-12-30(26(24)31)17-20-6-5-7-23(16-20)37-14-15-38-39(4,34)35;1-16(19-6-8-20(9-7-19)25(32)33)27-23(31)22-17(2)28-30-12-11-29(24(22)30)15-18-4-3-5-21(14-18)34-13-10-26/h5-11,16,18H,12-15,17H2,1-4H3,(H,28,32);3-9,14,16H,10-13,15H2,1-2H3,(H,27,31)(H,32,33)/t18-;16-/m00/s1. The van der Waals surface area contributed by atoms with E-state index >= 15 is 0 Å². The number of hydrogen-bond donors (Lipinski definition) is 3. The van der Waals surface area contributed by atoms with Gasteiger partial charge in [-0.05, 0) is 98.5 Å². The minimum atomic E-state index is -3.51. The predicted molar refractivity (Wildman–Crippen MR) is 270 cm³/mol. The first kappa shape index (κ1) is 53.0. The van der Waals surface area contributed by atoms with Crippen molar-refractivity contribution in [2.45, 2.75) is 66.0 Å². The van der Waals surface area contributed by atoms with Crippen LogP contribution >= 0.6 is 0 Å². The molecule has 0 saturated carbocycles. The summed E-state index contributed by atoms with van der Waals surface area (Å²) in [6, 6.07) is 27.8. The molecule has 0 fully saturated rings. The molecule has 8 rings (SSSR count). The van der Waals surface area contributed by atoms with Crippen LogP contribution in [0.2, 0.25) is 0 Å². The fraction of sp³-hybridized carbons (Fsp3) is 0.346. The lowest BCUT2D eigenvalue weighted by atomic mass is 10.1. The quantitative estimate of drug-likeness (QED) is 0.0416. The molecule has 4 heterocycles. The van der Waals surface area contributed by atoms with Gasteiger partial charge in [0, 0.05) is 26.2 Å². The van der Waals surface area contributed by atoms with E-state index in [1.54, 1.807) is 48.5 Å². The van der Waals surface area contributed by atoms with Crippen LogP contribution < -0.4 is 29.9 Å². The van der Waals surface area contributed by atoms with Gasteiger partial charge in [0.05, 0.1) is 61.1 Å². The number of benzene rings is 4. The Morgan fingerprint density at radius 3 is 1.55 bits per heavy atom. The Morgan fingerprint density at radius 2 is 1.12 bits per heavy atom. The molecule has 0 spiro atoms. The number of aromatic carboxylic acids is 1. The molecule has 19 nitrogen and oxygen atoms in total. The number of amides is 2. The number of carbonyl (C=O) groups excluding carboxylic acids is 3. The molecule has 0 radical (unpaired) electrons. The highest BCUT2D eigenvalue weighted by Crippen LogP contribution is 2.33. The van der Waals surface area contributed by atoms with E-state index in [9.17, 15) is 32.0 Å². The first-order chi connectivity index (χ1) is 34.9. The lowest BCUT2D eigenvalue weighted by Gasteiger charge is -2.21. The molecule has 73 heavy (non-hydrogen) atoms. The molecular formula is C52H59FN8O11S. The summed E-state index contributed by atoms with van der Waals surface area (Å²) in [7, 11) is -2.18. The van der Waals surface area contributed by atoms with Crippen molar-refractivity contribution in [3.8, 4) is 11.5 Å². The molecule has 2 aliphatic heterocycles. The van der Waals surface area contributed by atoms with Crippen molar-refractivity contribution in [2.24, 2.45) is 0 Å². The summed E-state index contributed by atoms with van der Waals surface area (Å²) in [6.45, 7) is 10.7. The maximum Gasteiger partial charge on any atom is 0.337 e. The van der Waals surface area contributed by atoms with Gasteiger partial charge in [-0.25, -0.2) is 23.3 Å². The largest absolute Gasteiger partial charge is 0.491 e. The summed E-state index contributed by atoms with van der Waals surface area (Å²) in [6.07, 6.45) is 0.995. The lowest BCUT2D eigenvalue weighted by molar-refractivity contribution is 0.0599. The van der Waals surface area contributed by atoms with Gasteiger partial charge in [0.15, 0.2) is 0 Å². The van der Waals surface area contributed by atoms with E-state index in [1.807, 2.05) is 73.5 Å². The van der Waals surface area contributed by atoms with Gasteiger partial charge < -0.3 is 39.8 Å². The zero-order valence-electron chi connectivity index (χ0n) is 41.5. The van der Waals surface area contributed by atoms with Gasteiger partial charge in [0.25, 0.3) is 21.9 Å². The molecule has 2 aromatic heterocycles. The number of esters is 1. The number of aryl methyl sites for hydroxylation is 2. The number of carboxylic acid groups (broad SMARTS) is 1. The van der Waals surface area contributed by atoms with E-state index < -0.39 is 28.7 Å². The van der Waals surface area contributed by atoms with Crippen molar-refractivity contribution in [2.75, 3.05) is 62.8 Å². The molecule has 2 amide bonds. The Bertz CT molecular complexity index is 3050. The van der Waals surface area contributed by atoms with Gasteiger partial charge in [-0.1, -0.05) is 48.5 Å². The molecule has 6 aromatic rings. The second-order valence-electron chi connectivity index (χ2n) is 17.5. The smallest absolute Gasteiger partial charge is 0.337 e. The van der Waals surface area contributed by atoms with Crippen molar-refractivity contribution >= 4 is 45.5 Å². The average molecular weight is 1020 g/mol. The van der Waals surface area contributed by atoms with Crippen LogP contribution in [0.15, 0.2) is 97.1 Å². The van der Waals surface area contributed by atoms with Gasteiger partial charge in [-0.15, -0.1) is 0 Å². The van der Waals surface area contributed by atoms with E-state index in [2.05, 4.69) is 30.6 Å². The molecular weight excluding hydrogens is 964 g/mol. The van der Waals surface area contributed by atoms with E-state index in [1.165, 1.54) is 19.2 Å². The third kappa shape index (κ3) is 13.4. The number of halogens is 1. The van der Waals surface area contributed by atoms with E-state index in [0.717, 1.165) is 40.1 Å². The lowest BCUT2D eigenvalue weighted by Crippen LogP contribution is -2.29. The normalized spacial score (nSPS) is 13.5. The average Bonchev–Trinajstić information content (AvgIpc) is 4.12. The van der Waals surface area contributed by atoms with Crippen molar-refractivity contribution in [1.82, 2.24) is 30.2 Å². The van der Waals surface area contributed by atoms with Gasteiger partial charge in [-0.3, -0.25) is 13.8 Å². The van der Waals surface area contributed by atoms with Gasteiger partial charge >= 0.3 is 11.9 Å². The van der Waals surface area contributed by atoms with E-state index in [0.29, 0.717) is 78.8 Å². The first-order valence-electron chi connectivity index (χ1n) is 23.5. The van der Waals surface area contributed by atoms with E-state index in [-0.39, 0.29) is 49.3 Å².